The van der Waals surface area contributed by atoms with E-state index in [1.54, 1.807) is 48.5 Å². The van der Waals surface area contributed by atoms with E-state index in [0.717, 1.165) is 10.5 Å². The first-order valence-corrected chi connectivity index (χ1v) is 12.0. The zero-order valence-corrected chi connectivity index (χ0v) is 20.8. The first-order valence-electron chi connectivity index (χ1n) is 12.0. The van der Waals surface area contributed by atoms with E-state index in [4.69, 9.17) is 4.42 Å². The fraction of sp³-hybridized carbons (Fsp3) is 0.207. The summed E-state index contributed by atoms with van der Waals surface area (Å²) in [5, 5.41) is 11.1. The zero-order chi connectivity index (χ0) is 26.2. The van der Waals surface area contributed by atoms with Crippen molar-refractivity contribution in [2.75, 3.05) is 11.9 Å². The Kier molecular flexibility index (Phi) is 6.17. The molecule has 1 aliphatic rings. The maximum absolute atomic E-state index is 12.5. The van der Waals surface area contributed by atoms with E-state index < -0.39 is 0 Å². The van der Waals surface area contributed by atoms with Gasteiger partial charge in [0.1, 0.15) is 0 Å². The lowest BCUT2D eigenvalue weighted by molar-refractivity contribution is -0.116. The summed E-state index contributed by atoms with van der Waals surface area (Å²) in [6, 6.07) is 21.7. The topological polar surface area (TPSA) is 105 Å². The largest absolute Gasteiger partial charge is 0.416 e. The predicted octanol–water partition coefficient (Wildman–Crippen LogP) is 5.33. The number of amides is 3. The summed E-state index contributed by atoms with van der Waals surface area (Å²) in [6.07, 6.45) is -0.00571. The average molecular weight is 495 g/mol. The molecule has 0 atom stereocenters. The van der Waals surface area contributed by atoms with Gasteiger partial charge in [0.05, 0.1) is 11.1 Å². The minimum atomic E-state index is -0.373. The molecule has 1 aromatic heterocycles. The summed E-state index contributed by atoms with van der Waals surface area (Å²) in [6.45, 7) is 6.49. The highest BCUT2D eigenvalue weighted by atomic mass is 16.4. The van der Waals surface area contributed by atoms with Gasteiger partial charge in [-0.3, -0.25) is 19.3 Å². The molecule has 37 heavy (non-hydrogen) atoms. The first kappa shape index (κ1) is 24.1. The number of anilines is 1. The highest BCUT2D eigenvalue weighted by Crippen LogP contribution is 2.28. The van der Waals surface area contributed by atoms with Crippen LogP contribution in [-0.4, -0.2) is 39.4 Å². The second kappa shape index (κ2) is 9.46. The third-order valence-corrected chi connectivity index (χ3v) is 6.28. The summed E-state index contributed by atoms with van der Waals surface area (Å²) in [5.41, 5.74) is 4.16. The molecule has 4 aromatic rings. The van der Waals surface area contributed by atoms with Crippen molar-refractivity contribution in [2.24, 2.45) is 0 Å². The predicted molar refractivity (Wildman–Crippen MR) is 139 cm³/mol. The van der Waals surface area contributed by atoms with Crippen LogP contribution >= 0.6 is 0 Å². The molecule has 0 aliphatic carbocycles. The van der Waals surface area contributed by atoms with E-state index in [0.29, 0.717) is 34.2 Å². The van der Waals surface area contributed by atoms with Crippen LogP contribution in [0, 0.1) is 0 Å². The molecule has 2 heterocycles. The van der Waals surface area contributed by atoms with Crippen molar-refractivity contribution in [2.45, 2.75) is 32.6 Å². The number of aromatic nitrogens is 2. The number of nitrogens with one attached hydrogen (secondary N) is 1. The van der Waals surface area contributed by atoms with Crippen LogP contribution in [0.5, 0.6) is 0 Å². The molecule has 1 N–H and O–H groups in total. The van der Waals surface area contributed by atoms with Gasteiger partial charge in [0.25, 0.3) is 11.8 Å². The van der Waals surface area contributed by atoms with Gasteiger partial charge in [0.2, 0.25) is 17.7 Å². The number of imide groups is 1. The molecule has 0 fully saturated rings. The molecule has 5 rings (SSSR count). The van der Waals surface area contributed by atoms with Crippen molar-refractivity contribution >= 4 is 23.4 Å². The Morgan fingerprint density at radius 3 is 1.84 bits per heavy atom. The van der Waals surface area contributed by atoms with Crippen molar-refractivity contribution in [3.05, 3.63) is 89.5 Å². The van der Waals surface area contributed by atoms with Gasteiger partial charge in [-0.25, -0.2) is 0 Å². The molecule has 0 unspecified atom stereocenters. The Morgan fingerprint density at radius 1 is 0.811 bits per heavy atom. The van der Waals surface area contributed by atoms with Crippen molar-refractivity contribution in [1.29, 1.82) is 0 Å². The van der Waals surface area contributed by atoms with Crippen molar-refractivity contribution in [1.82, 2.24) is 15.1 Å². The monoisotopic (exact) mass is 494 g/mol. The Balaban J connectivity index is 1.18. The van der Waals surface area contributed by atoms with Crippen LogP contribution in [0.1, 0.15) is 53.5 Å². The average Bonchev–Trinajstić information content (AvgIpc) is 3.47. The van der Waals surface area contributed by atoms with E-state index in [1.807, 2.05) is 12.1 Å². The van der Waals surface area contributed by atoms with Crippen LogP contribution in [0.25, 0.3) is 22.9 Å². The summed E-state index contributed by atoms with van der Waals surface area (Å²) >= 11 is 0. The molecule has 186 valence electrons. The van der Waals surface area contributed by atoms with Gasteiger partial charge < -0.3 is 9.73 Å². The van der Waals surface area contributed by atoms with Crippen LogP contribution in [0.3, 0.4) is 0 Å². The van der Waals surface area contributed by atoms with Crippen molar-refractivity contribution in [3.8, 4) is 22.9 Å². The van der Waals surface area contributed by atoms with Crippen molar-refractivity contribution in [3.63, 3.8) is 0 Å². The van der Waals surface area contributed by atoms with E-state index in [-0.39, 0.29) is 36.1 Å². The van der Waals surface area contributed by atoms with E-state index in [2.05, 4.69) is 48.4 Å². The quantitative estimate of drug-likeness (QED) is 0.364. The lowest BCUT2D eigenvalue weighted by Gasteiger charge is -2.18. The van der Waals surface area contributed by atoms with Gasteiger partial charge in [-0.2, -0.15) is 0 Å². The highest BCUT2D eigenvalue weighted by Gasteiger charge is 2.34. The molecule has 1 aliphatic heterocycles. The molecule has 3 aromatic carbocycles. The van der Waals surface area contributed by atoms with Crippen LogP contribution < -0.4 is 5.32 Å². The summed E-state index contributed by atoms with van der Waals surface area (Å²) in [7, 11) is 0. The van der Waals surface area contributed by atoms with Crippen LogP contribution in [0.4, 0.5) is 5.69 Å². The van der Waals surface area contributed by atoms with E-state index in [9.17, 15) is 14.4 Å². The zero-order valence-electron chi connectivity index (χ0n) is 20.8. The number of benzene rings is 3. The lowest BCUT2D eigenvalue weighted by Crippen LogP contribution is -2.32. The lowest BCUT2D eigenvalue weighted by atomic mass is 9.87. The normalized spacial score (nSPS) is 13.1. The molecule has 0 spiro atoms. The molecule has 3 amide bonds. The molecule has 0 saturated carbocycles. The van der Waals surface area contributed by atoms with E-state index >= 15 is 0 Å². The molecular weight excluding hydrogens is 468 g/mol. The fourth-order valence-corrected chi connectivity index (χ4v) is 4.14. The third-order valence-electron chi connectivity index (χ3n) is 6.28. The summed E-state index contributed by atoms with van der Waals surface area (Å²) in [4.78, 5) is 38.5. The number of carbonyl (C=O) groups excluding carboxylic acids is 3. The molecule has 0 bridgehead atoms. The van der Waals surface area contributed by atoms with Gasteiger partial charge in [-0.15, -0.1) is 10.2 Å². The summed E-state index contributed by atoms with van der Waals surface area (Å²) < 4.78 is 5.87. The SMILES string of the molecule is CC(C)(C)c1ccc(-c2nnc(-c3ccc(NC(=O)CCN4C(=O)c5ccccc5C4=O)cc3)o2)cc1. The maximum Gasteiger partial charge on any atom is 0.261 e. The van der Waals surface area contributed by atoms with Gasteiger partial charge in [0.15, 0.2) is 0 Å². The second-order valence-corrected chi connectivity index (χ2v) is 9.92. The van der Waals surface area contributed by atoms with Gasteiger partial charge in [-0.05, 0) is 59.5 Å². The Bertz CT molecular complexity index is 1450. The Hall–Kier alpha value is -4.59. The fourth-order valence-electron chi connectivity index (χ4n) is 4.14. The third kappa shape index (κ3) is 4.91. The van der Waals surface area contributed by atoms with Gasteiger partial charge in [0, 0.05) is 29.8 Å². The minimum Gasteiger partial charge on any atom is -0.416 e. The number of carbonyl (C=O) groups is 3. The molecule has 0 saturated heterocycles. The second-order valence-electron chi connectivity index (χ2n) is 9.92. The van der Waals surface area contributed by atoms with Crippen LogP contribution in [0.2, 0.25) is 0 Å². The van der Waals surface area contributed by atoms with Gasteiger partial charge >= 0.3 is 0 Å². The first-order chi connectivity index (χ1) is 17.7. The number of nitrogens with zero attached hydrogens (tertiary/aromatic N) is 3. The molecule has 8 nitrogen and oxygen atoms in total. The molecule has 8 heteroatoms. The van der Waals surface area contributed by atoms with Crippen LogP contribution in [0.15, 0.2) is 77.2 Å². The Morgan fingerprint density at radius 2 is 1.32 bits per heavy atom. The van der Waals surface area contributed by atoms with Gasteiger partial charge in [-0.1, -0.05) is 45.0 Å². The molecular formula is C29H26N4O4. The van der Waals surface area contributed by atoms with Crippen LogP contribution in [-0.2, 0) is 10.2 Å². The smallest absolute Gasteiger partial charge is 0.261 e. The minimum absolute atomic E-state index is 0.00571. The molecule has 0 radical (unpaired) electrons. The van der Waals surface area contributed by atoms with E-state index in [1.165, 1.54) is 5.56 Å². The number of rotatable bonds is 6. The number of fused-ring (bicyclic) bond motifs is 1. The Labute approximate surface area is 214 Å². The summed E-state index contributed by atoms with van der Waals surface area (Å²) in [5.74, 6) is -0.244. The standard InChI is InChI=1S/C29H26N4O4/c1-29(2,3)20-12-8-18(9-13-20)25-31-32-26(37-25)19-10-14-21(15-11-19)30-24(34)16-17-33-27(35)22-6-4-5-7-23(22)28(33)36/h4-15H,16-17H2,1-3H3,(H,30,34). The van der Waals surface area contributed by atoms with Crippen molar-refractivity contribution < 1.29 is 18.8 Å². The number of hydrogen-bond donors (Lipinski definition) is 1. The number of hydrogen-bond acceptors (Lipinski definition) is 6. The maximum atomic E-state index is 12.5. The highest BCUT2D eigenvalue weighted by molar-refractivity contribution is 6.21.